The van der Waals surface area contributed by atoms with Crippen molar-refractivity contribution in [2.45, 2.75) is 0 Å². The van der Waals surface area contributed by atoms with Crippen LogP contribution < -0.4 is 4.90 Å². The van der Waals surface area contributed by atoms with E-state index in [0.29, 0.717) is 39.1 Å². The number of esters is 1. The molecule has 0 atom stereocenters. The maximum atomic E-state index is 11.9. The van der Waals surface area contributed by atoms with Gasteiger partial charge in [-0.05, 0) is 36.4 Å². The maximum absolute atomic E-state index is 11.9. The summed E-state index contributed by atoms with van der Waals surface area (Å²) >= 11 is 0. The van der Waals surface area contributed by atoms with Gasteiger partial charge in [0, 0.05) is 29.2 Å². The number of nitrogens with zero attached hydrogens (tertiary/aromatic N) is 2. The molecule has 4 rings (SSSR count). The Morgan fingerprint density at radius 3 is 2.26 bits per heavy atom. The Morgan fingerprint density at radius 1 is 0.943 bits per heavy atom. The zero-order valence-electron chi connectivity index (χ0n) is 18.9. The van der Waals surface area contributed by atoms with Crippen molar-refractivity contribution in [1.29, 1.82) is 0 Å². The molecule has 0 fully saturated rings. The molecule has 0 aliphatic heterocycles. The van der Waals surface area contributed by atoms with Crippen LogP contribution in [0.4, 0.5) is 11.4 Å². The zero-order chi connectivity index (χ0) is 25.1. The molecule has 1 aromatic heterocycles. The van der Waals surface area contributed by atoms with Crippen molar-refractivity contribution in [1.82, 2.24) is 4.98 Å². The number of aliphatic imine (C=N–C) groups is 1. The molecule has 0 bridgehead atoms. The molecule has 35 heavy (non-hydrogen) atoms. The van der Waals surface area contributed by atoms with Crippen molar-refractivity contribution < 1.29 is 29.3 Å². The second kappa shape index (κ2) is 9.52. The van der Waals surface area contributed by atoms with Crippen LogP contribution in [-0.2, 0) is 14.3 Å². The summed E-state index contributed by atoms with van der Waals surface area (Å²) in [5, 5.41) is 20.4. The number of methoxy groups -OCH3 is 1. The predicted octanol–water partition coefficient (Wildman–Crippen LogP) is 3.88. The van der Waals surface area contributed by atoms with Crippen molar-refractivity contribution in [2.24, 2.45) is 4.99 Å². The van der Waals surface area contributed by atoms with Gasteiger partial charge in [-0.15, -0.1) is 0 Å². The number of H-pyrrole nitrogens is 1. The van der Waals surface area contributed by atoms with Gasteiger partial charge in [0.05, 0.1) is 29.6 Å². The smallest absolute Gasteiger partial charge is 0.394 e. The molecular weight excluding hydrogens is 450 g/mol. The highest BCUT2D eigenvalue weighted by Crippen LogP contribution is 2.32. The Hall–Kier alpha value is -4.92. The van der Waals surface area contributed by atoms with E-state index in [-0.39, 0.29) is 5.88 Å². The summed E-state index contributed by atoms with van der Waals surface area (Å²) in [5.41, 5.74) is 3.44. The fourth-order valence-electron chi connectivity index (χ4n) is 3.67. The molecule has 1 amide bonds. The Labute approximate surface area is 199 Å². The van der Waals surface area contributed by atoms with E-state index in [4.69, 9.17) is 14.8 Å². The Bertz CT molecular complexity index is 1460. The summed E-state index contributed by atoms with van der Waals surface area (Å²) in [6, 6.07) is 20.6. The van der Waals surface area contributed by atoms with Gasteiger partial charge in [-0.2, -0.15) is 0 Å². The second-order valence-corrected chi connectivity index (χ2v) is 7.61. The van der Waals surface area contributed by atoms with Gasteiger partial charge in [-0.1, -0.05) is 36.4 Å². The number of aromatic amines is 1. The quantitative estimate of drug-likeness (QED) is 0.230. The van der Waals surface area contributed by atoms with Gasteiger partial charge >= 0.3 is 17.8 Å². The van der Waals surface area contributed by atoms with Gasteiger partial charge < -0.3 is 24.8 Å². The normalized spacial score (nSPS) is 11.3. The molecule has 176 valence electrons. The molecule has 0 radical (unpaired) electrons. The number of carboxylic acid groups (broad SMARTS) is 1. The topological polar surface area (TPSA) is 132 Å². The minimum Gasteiger partial charge on any atom is -0.494 e. The van der Waals surface area contributed by atoms with Crippen molar-refractivity contribution in [3.05, 3.63) is 89.5 Å². The predicted molar refractivity (Wildman–Crippen MR) is 131 cm³/mol. The number of benzene rings is 3. The van der Waals surface area contributed by atoms with Gasteiger partial charge in [0.25, 0.3) is 0 Å². The van der Waals surface area contributed by atoms with E-state index in [1.807, 2.05) is 30.3 Å². The number of amides is 1. The third-order valence-corrected chi connectivity index (χ3v) is 5.45. The average Bonchev–Trinajstić information content (AvgIpc) is 3.21. The number of carbonyl (C=O) groups is 3. The molecule has 0 saturated carbocycles. The summed E-state index contributed by atoms with van der Waals surface area (Å²) in [5.74, 6) is -3.22. The molecule has 1 heterocycles. The number of ether oxygens (including phenoxy) is 1. The van der Waals surface area contributed by atoms with Crippen molar-refractivity contribution >= 4 is 45.8 Å². The lowest BCUT2D eigenvalue weighted by Crippen LogP contribution is -2.32. The van der Waals surface area contributed by atoms with Gasteiger partial charge in [-0.3, -0.25) is 4.79 Å². The van der Waals surface area contributed by atoms with E-state index in [1.54, 1.807) is 42.5 Å². The van der Waals surface area contributed by atoms with E-state index < -0.39 is 17.8 Å². The minimum atomic E-state index is -1.55. The number of carboxylic acids is 1. The second-order valence-electron chi connectivity index (χ2n) is 7.61. The molecule has 0 saturated heterocycles. The molecule has 3 N–H and O–H groups in total. The van der Waals surface area contributed by atoms with E-state index in [1.165, 1.54) is 14.2 Å². The Balaban J connectivity index is 1.82. The Morgan fingerprint density at radius 2 is 1.63 bits per heavy atom. The number of carbonyl (C=O) groups excluding carboxylic acids is 2. The number of anilines is 1. The third kappa shape index (κ3) is 4.60. The van der Waals surface area contributed by atoms with Crippen LogP contribution >= 0.6 is 0 Å². The largest absolute Gasteiger partial charge is 0.494 e. The number of aromatic nitrogens is 1. The lowest BCUT2D eigenvalue weighted by Gasteiger charge is -2.14. The molecular formula is C26H21N3O6. The van der Waals surface area contributed by atoms with Gasteiger partial charge in [0.15, 0.2) is 5.88 Å². The summed E-state index contributed by atoms with van der Waals surface area (Å²) in [6.45, 7) is 0. The lowest BCUT2D eigenvalue weighted by atomic mass is 10.00. The number of aromatic hydroxyl groups is 1. The lowest BCUT2D eigenvalue weighted by molar-refractivity contribution is -0.148. The molecule has 9 heteroatoms. The molecule has 0 aliphatic carbocycles. The molecule has 4 aromatic rings. The summed E-state index contributed by atoms with van der Waals surface area (Å²) in [7, 11) is 2.67. The van der Waals surface area contributed by atoms with Gasteiger partial charge in [-0.25, -0.2) is 14.6 Å². The first kappa shape index (κ1) is 23.2. The van der Waals surface area contributed by atoms with E-state index >= 15 is 0 Å². The summed E-state index contributed by atoms with van der Waals surface area (Å²) in [4.78, 5) is 43.3. The molecule has 9 nitrogen and oxygen atoms in total. The zero-order valence-corrected chi connectivity index (χ0v) is 18.9. The van der Waals surface area contributed by atoms with E-state index in [2.05, 4.69) is 4.98 Å². The van der Waals surface area contributed by atoms with Crippen molar-refractivity contribution in [2.75, 3.05) is 19.1 Å². The number of fused-ring (bicyclic) bond motifs is 1. The monoisotopic (exact) mass is 471 g/mol. The maximum Gasteiger partial charge on any atom is 0.394 e. The number of nitrogens with one attached hydrogen (secondary N) is 1. The standard InChI is InChI=1S/C26H21N3O6/c1-29(24(31)25(32)33)18-11-9-17(10-12-18)27-22(15-6-4-3-5-7-15)21-19-13-8-16(26(34)35-2)14-20(19)28-23(21)30/h3-14,28,30H,1-2H3,(H,32,33). The SMILES string of the molecule is COC(=O)c1ccc2c(C(=Nc3ccc(N(C)C(=O)C(=O)O)cc3)c3ccccc3)c(O)[nH]c2c1. The first-order valence-electron chi connectivity index (χ1n) is 10.5. The van der Waals surface area contributed by atoms with Crippen LogP contribution in [0.1, 0.15) is 21.5 Å². The van der Waals surface area contributed by atoms with Crippen LogP contribution in [-0.4, -0.2) is 52.9 Å². The average molecular weight is 471 g/mol. The number of hydrogen-bond acceptors (Lipinski definition) is 6. The minimum absolute atomic E-state index is 0.118. The molecule has 0 aliphatic rings. The molecule has 3 aromatic carbocycles. The number of hydrogen-bond donors (Lipinski definition) is 3. The van der Waals surface area contributed by atoms with Crippen molar-refractivity contribution in [3.8, 4) is 5.88 Å². The van der Waals surface area contributed by atoms with Crippen LogP contribution in [0, 0.1) is 0 Å². The third-order valence-electron chi connectivity index (χ3n) is 5.45. The van der Waals surface area contributed by atoms with E-state index in [0.717, 1.165) is 10.5 Å². The molecule has 0 unspecified atom stereocenters. The van der Waals surface area contributed by atoms with Crippen LogP contribution in [0.2, 0.25) is 0 Å². The highest BCUT2D eigenvalue weighted by Gasteiger charge is 2.21. The van der Waals surface area contributed by atoms with E-state index in [9.17, 15) is 19.5 Å². The summed E-state index contributed by atoms with van der Waals surface area (Å²) < 4.78 is 4.78. The van der Waals surface area contributed by atoms with Crippen molar-refractivity contribution in [3.63, 3.8) is 0 Å². The van der Waals surface area contributed by atoms with Crippen LogP contribution in [0.15, 0.2) is 77.8 Å². The fraction of sp³-hybridized carbons (Fsp3) is 0.0769. The number of likely N-dealkylation sites (N-methyl/N-ethyl adjacent to an activating group) is 1. The van der Waals surface area contributed by atoms with Crippen LogP contribution in [0.3, 0.4) is 0 Å². The highest BCUT2D eigenvalue weighted by atomic mass is 16.5. The fourth-order valence-corrected chi connectivity index (χ4v) is 3.67. The number of aliphatic carboxylic acids is 1. The summed E-state index contributed by atoms with van der Waals surface area (Å²) in [6.07, 6.45) is 0. The Kier molecular flexibility index (Phi) is 6.32. The van der Waals surface area contributed by atoms with Crippen LogP contribution in [0.5, 0.6) is 5.88 Å². The first-order chi connectivity index (χ1) is 16.8. The highest BCUT2D eigenvalue weighted by molar-refractivity contribution is 6.37. The number of rotatable bonds is 5. The first-order valence-corrected chi connectivity index (χ1v) is 10.5. The van der Waals surface area contributed by atoms with Gasteiger partial charge in [0.2, 0.25) is 0 Å². The van der Waals surface area contributed by atoms with Crippen LogP contribution in [0.25, 0.3) is 10.9 Å². The van der Waals surface area contributed by atoms with Gasteiger partial charge in [0.1, 0.15) is 0 Å². The molecule has 0 spiro atoms.